The lowest BCUT2D eigenvalue weighted by atomic mass is 10.2. The minimum absolute atomic E-state index is 0.0102. The van der Waals surface area contributed by atoms with Gasteiger partial charge >= 0.3 is 0 Å². The normalized spacial score (nSPS) is 17.8. The van der Waals surface area contributed by atoms with Gasteiger partial charge in [-0.1, -0.05) is 15.9 Å². The van der Waals surface area contributed by atoms with Crippen LogP contribution in [0.5, 0.6) is 0 Å². The Labute approximate surface area is 115 Å². The smallest absolute Gasteiger partial charge is 0.202 e. The predicted octanol–water partition coefficient (Wildman–Crippen LogP) is 2.38. The largest absolute Gasteiger partial charge is 0.381 e. The summed E-state index contributed by atoms with van der Waals surface area (Å²) in [5, 5.41) is 0. The molecule has 0 bridgehead atoms. The molecule has 1 aliphatic rings. The Morgan fingerprint density at radius 3 is 2.44 bits per heavy atom. The first-order valence-corrected chi connectivity index (χ1v) is 8.20. The summed E-state index contributed by atoms with van der Waals surface area (Å²) in [7, 11) is -3.36. The predicted molar refractivity (Wildman–Crippen MR) is 71.1 cm³/mol. The molecule has 0 radical (unpaired) electrons. The van der Waals surface area contributed by atoms with Gasteiger partial charge in [-0.15, -0.1) is 0 Å². The number of sulfone groups is 1. The molecule has 1 heterocycles. The summed E-state index contributed by atoms with van der Waals surface area (Å²) in [4.78, 5) is 0.290. The second-order valence-corrected chi connectivity index (χ2v) is 7.02. The van der Waals surface area contributed by atoms with Crippen LogP contribution in [0.15, 0.2) is 33.6 Å². The van der Waals surface area contributed by atoms with Crippen molar-refractivity contribution in [3.05, 3.63) is 28.7 Å². The quantitative estimate of drug-likeness (QED) is 0.848. The van der Waals surface area contributed by atoms with E-state index in [-0.39, 0.29) is 16.9 Å². The van der Waals surface area contributed by atoms with E-state index in [1.807, 2.05) is 0 Å². The fourth-order valence-electron chi connectivity index (χ4n) is 1.74. The number of hydrogen-bond donors (Lipinski definition) is 0. The van der Waals surface area contributed by atoms with Gasteiger partial charge in [0.05, 0.1) is 11.0 Å². The molecule has 18 heavy (non-hydrogen) atoms. The van der Waals surface area contributed by atoms with Gasteiger partial charge in [-0.25, -0.2) is 8.42 Å². The Morgan fingerprint density at radius 2 is 1.83 bits per heavy atom. The Morgan fingerprint density at radius 1 is 1.22 bits per heavy atom. The highest BCUT2D eigenvalue weighted by Gasteiger charge is 2.20. The maximum absolute atomic E-state index is 12.0. The van der Waals surface area contributed by atoms with Gasteiger partial charge in [-0.2, -0.15) is 0 Å². The van der Waals surface area contributed by atoms with E-state index in [0.717, 1.165) is 17.3 Å². The number of hydrogen-bond acceptors (Lipinski definition) is 4. The molecule has 0 saturated carbocycles. The van der Waals surface area contributed by atoms with Crippen LogP contribution < -0.4 is 0 Å². The van der Waals surface area contributed by atoms with Crippen molar-refractivity contribution < 1.29 is 17.9 Å². The first kappa shape index (κ1) is 14.0. The number of benzene rings is 1. The average Bonchev–Trinajstić information content (AvgIpc) is 2.38. The second-order valence-electron chi connectivity index (χ2n) is 4.16. The summed E-state index contributed by atoms with van der Waals surface area (Å²) >= 11 is 3.27. The lowest BCUT2D eigenvalue weighted by Crippen LogP contribution is -2.26. The summed E-state index contributed by atoms with van der Waals surface area (Å²) in [6.45, 7) is 1.28. The van der Waals surface area contributed by atoms with E-state index in [1.54, 1.807) is 24.3 Å². The molecular weight excluding hydrogens is 320 g/mol. The molecule has 4 nitrogen and oxygen atoms in total. The Hall–Kier alpha value is -0.430. The lowest BCUT2D eigenvalue weighted by molar-refractivity contribution is -0.0168. The van der Waals surface area contributed by atoms with Crippen molar-refractivity contribution in [2.45, 2.75) is 23.8 Å². The fourth-order valence-corrected chi connectivity index (χ4v) is 3.06. The van der Waals surface area contributed by atoms with E-state index in [4.69, 9.17) is 9.47 Å². The van der Waals surface area contributed by atoms with Crippen molar-refractivity contribution in [3.63, 3.8) is 0 Å². The SMILES string of the molecule is O=S(=O)(COC1CCOCC1)c1ccc(Br)cc1. The molecule has 1 aromatic rings. The van der Waals surface area contributed by atoms with E-state index < -0.39 is 9.84 Å². The molecule has 0 aromatic heterocycles. The molecule has 0 N–H and O–H groups in total. The Bertz CT molecular complexity index is 477. The van der Waals surface area contributed by atoms with Crippen LogP contribution in [0.3, 0.4) is 0 Å². The molecular formula is C12H15BrO4S. The summed E-state index contributed by atoms with van der Waals surface area (Å²) in [6.07, 6.45) is 1.51. The molecule has 1 saturated heterocycles. The third-order valence-corrected chi connectivity index (χ3v) is 4.77. The molecule has 0 amide bonds. The summed E-state index contributed by atoms with van der Waals surface area (Å²) in [5.41, 5.74) is 0. The second kappa shape index (κ2) is 6.14. The van der Waals surface area contributed by atoms with Gasteiger partial charge in [0.15, 0.2) is 5.94 Å². The zero-order chi connectivity index (χ0) is 13.0. The Balaban J connectivity index is 1.96. The third kappa shape index (κ3) is 3.78. The van der Waals surface area contributed by atoms with Gasteiger partial charge in [0.2, 0.25) is 9.84 Å². The van der Waals surface area contributed by atoms with Crippen LogP contribution >= 0.6 is 15.9 Å². The van der Waals surface area contributed by atoms with Crippen LogP contribution in [0.4, 0.5) is 0 Å². The average molecular weight is 335 g/mol. The highest BCUT2D eigenvalue weighted by molar-refractivity contribution is 9.10. The van der Waals surface area contributed by atoms with Gasteiger partial charge in [-0.05, 0) is 37.1 Å². The van der Waals surface area contributed by atoms with Gasteiger partial charge in [0.1, 0.15) is 0 Å². The molecule has 100 valence electrons. The number of rotatable bonds is 4. The summed E-state index contributed by atoms with van der Waals surface area (Å²) in [5.74, 6) is -0.265. The first-order chi connectivity index (χ1) is 8.58. The van der Waals surface area contributed by atoms with E-state index in [2.05, 4.69) is 15.9 Å². The van der Waals surface area contributed by atoms with Gasteiger partial charge < -0.3 is 9.47 Å². The standard InChI is InChI=1S/C12H15BrO4S/c13-10-1-3-12(4-2-10)18(14,15)9-17-11-5-7-16-8-6-11/h1-4,11H,5-9H2. The minimum atomic E-state index is -3.36. The van der Waals surface area contributed by atoms with Crippen molar-refractivity contribution in [1.82, 2.24) is 0 Å². The van der Waals surface area contributed by atoms with E-state index in [0.29, 0.717) is 13.2 Å². The highest BCUT2D eigenvalue weighted by Crippen LogP contribution is 2.18. The number of ether oxygens (including phenoxy) is 2. The van der Waals surface area contributed by atoms with E-state index in [1.165, 1.54) is 0 Å². The summed E-state index contributed by atoms with van der Waals surface area (Å²) < 4.78 is 35.5. The maximum atomic E-state index is 12.0. The summed E-state index contributed by atoms with van der Waals surface area (Å²) in [6, 6.07) is 6.57. The zero-order valence-corrected chi connectivity index (χ0v) is 12.2. The van der Waals surface area contributed by atoms with Crippen LogP contribution in [0.1, 0.15) is 12.8 Å². The van der Waals surface area contributed by atoms with Crippen LogP contribution in [0.2, 0.25) is 0 Å². The minimum Gasteiger partial charge on any atom is -0.381 e. The van der Waals surface area contributed by atoms with Gasteiger partial charge in [-0.3, -0.25) is 0 Å². The van der Waals surface area contributed by atoms with Crippen molar-refractivity contribution in [1.29, 1.82) is 0 Å². The van der Waals surface area contributed by atoms with Crippen LogP contribution in [-0.2, 0) is 19.3 Å². The van der Waals surface area contributed by atoms with Crippen LogP contribution in [0.25, 0.3) is 0 Å². The molecule has 0 unspecified atom stereocenters. The molecule has 6 heteroatoms. The van der Waals surface area contributed by atoms with E-state index >= 15 is 0 Å². The van der Waals surface area contributed by atoms with Gasteiger partial charge in [0, 0.05) is 17.7 Å². The molecule has 0 atom stereocenters. The molecule has 1 aliphatic heterocycles. The topological polar surface area (TPSA) is 52.6 Å². The molecule has 0 spiro atoms. The zero-order valence-electron chi connectivity index (χ0n) is 9.84. The highest BCUT2D eigenvalue weighted by atomic mass is 79.9. The lowest BCUT2D eigenvalue weighted by Gasteiger charge is -2.22. The number of halogens is 1. The van der Waals surface area contributed by atoms with Crippen LogP contribution in [-0.4, -0.2) is 33.7 Å². The van der Waals surface area contributed by atoms with Crippen molar-refractivity contribution in [3.8, 4) is 0 Å². The Kier molecular flexibility index (Phi) is 4.77. The van der Waals surface area contributed by atoms with Gasteiger partial charge in [0.25, 0.3) is 0 Å². The van der Waals surface area contributed by atoms with Crippen molar-refractivity contribution in [2.75, 3.05) is 19.2 Å². The molecule has 1 aromatic carbocycles. The van der Waals surface area contributed by atoms with Crippen molar-refractivity contribution >= 4 is 25.8 Å². The monoisotopic (exact) mass is 334 g/mol. The maximum Gasteiger partial charge on any atom is 0.202 e. The molecule has 2 rings (SSSR count). The molecule has 0 aliphatic carbocycles. The third-order valence-electron chi connectivity index (χ3n) is 2.80. The molecule has 1 fully saturated rings. The first-order valence-electron chi connectivity index (χ1n) is 5.75. The fraction of sp³-hybridized carbons (Fsp3) is 0.500. The van der Waals surface area contributed by atoms with Crippen molar-refractivity contribution in [2.24, 2.45) is 0 Å². The van der Waals surface area contributed by atoms with E-state index in [9.17, 15) is 8.42 Å². The van der Waals surface area contributed by atoms with Crippen LogP contribution in [0, 0.1) is 0 Å².